The van der Waals surface area contributed by atoms with Crippen molar-refractivity contribution in [3.8, 4) is 11.5 Å². The smallest absolute Gasteiger partial charge is 0.468 e. The lowest BCUT2D eigenvalue weighted by Gasteiger charge is -2.20. The molecule has 2 rings (SSSR count). The summed E-state index contributed by atoms with van der Waals surface area (Å²) in [5.41, 5.74) is 0.978. The molecule has 0 fully saturated rings. The maximum atomic E-state index is 12.5. The largest absolute Gasteiger partial charge is 0.513 e. The van der Waals surface area contributed by atoms with Gasteiger partial charge in [-0.1, -0.05) is 51.0 Å². The molecule has 2 atom stereocenters. The molecule has 224 valence electrons. The Morgan fingerprint density at radius 3 is 2.02 bits per heavy atom. The number of ether oxygens (including phenoxy) is 6. The number of benzene rings is 2. The molecule has 11 heteroatoms. The summed E-state index contributed by atoms with van der Waals surface area (Å²) in [6.07, 6.45) is 0.660. The Morgan fingerprint density at radius 2 is 1.44 bits per heavy atom. The van der Waals surface area contributed by atoms with Crippen LogP contribution in [0.4, 0.5) is 9.59 Å². The van der Waals surface area contributed by atoms with Crippen LogP contribution in [0.25, 0.3) is 0 Å². The summed E-state index contributed by atoms with van der Waals surface area (Å²) < 4.78 is 31.1. The summed E-state index contributed by atoms with van der Waals surface area (Å²) in [4.78, 5) is 49.2. The van der Waals surface area contributed by atoms with Crippen LogP contribution in [0.5, 0.6) is 11.5 Å². The summed E-state index contributed by atoms with van der Waals surface area (Å²) >= 11 is 0. The Hall–Kier alpha value is -4.12. The summed E-state index contributed by atoms with van der Waals surface area (Å²) in [5, 5.41) is 3.06. The van der Waals surface area contributed by atoms with Crippen molar-refractivity contribution in [3.63, 3.8) is 0 Å². The maximum Gasteiger partial charge on any atom is 0.513 e. The van der Waals surface area contributed by atoms with Gasteiger partial charge in [0.2, 0.25) is 0 Å². The fourth-order valence-electron chi connectivity index (χ4n) is 3.47. The van der Waals surface area contributed by atoms with Gasteiger partial charge in [0, 0.05) is 6.54 Å². The molecule has 0 aliphatic rings. The van der Waals surface area contributed by atoms with Crippen LogP contribution in [0.15, 0.2) is 48.5 Å². The maximum absolute atomic E-state index is 12.5. The Bertz CT molecular complexity index is 1120. The second kappa shape index (κ2) is 18.3. The standard InChI is InChI=1S/C30H39NO10/c1-5-7-16-37-29(34)40-25-15-14-22(19-26(25)41-30(35)38-17-8-6-2)18-24(28(33)36-4)31-20-21(3)39-27(32)23-12-10-9-11-13-23/h9-15,19,21,24,31H,5-8,16-18,20H2,1-4H3/t21?,24-/m0/s1. The molecule has 0 radical (unpaired) electrons. The molecule has 41 heavy (non-hydrogen) atoms. The fraction of sp³-hybridized carbons (Fsp3) is 0.467. The summed E-state index contributed by atoms with van der Waals surface area (Å²) in [7, 11) is 1.26. The van der Waals surface area contributed by atoms with Crippen molar-refractivity contribution in [3.05, 3.63) is 59.7 Å². The lowest BCUT2D eigenvalue weighted by atomic mass is 10.0. The first-order valence-corrected chi connectivity index (χ1v) is 13.7. The number of hydrogen-bond acceptors (Lipinski definition) is 11. The Balaban J connectivity index is 2.12. The number of rotatable bonds is 16. The van der Waals surface area contributed by atoms with Crippen molar-refractivity contribution < 1.29 is 47.6 Å². The first kappa shape index (κ1) is 33.1. The van der Waals surface area contributed by atoms with Gasteiger partial charge in [-0.05, 0) is 56.0 Å². The molecule has 0 heterocycles. The van der Waals surface area contributed by atoms with Crippen LogP contribution in [0.2, 0.25) is 0 Å². The van der Waals surface area contributed by atoms with Gasteiger partial charge in [0.1, 0.15) is 12.1 Å². The van der Waals surface area contributed by atoms with Gasteiger partial charge < -0.3 is 33.7 Å². The van der Waals surface area contributed by atoms with Crippen LogP contribution < -0.4 is 14.8 Å². The highest BCUT2D eigenvalue weighted by Crippen LogP contribution is 2.30. The number of carbonyl (C=O) groups excluding carboxylic acids is 4. The quantitative estimate of drug-likeness (QED) is 0.122. The highest BCUT2D eigenvalue weighted by Gasteiger charge is 2.23. The molecule has 0 spiro atoms. The first-order chi connectivity index (χ1) is 19.8. The highest BCUT2D eigenvalue weighted by molar-refractivity contribution is 5.89. The van der Waals surface area contributed by atoms with Crippen LogP contribution >= 0.6 is 0 Å². The number of esters is 2. The zero-order valence-electron chi connectivity index (χ0n) is 24.0. The predicted octanol–water partition coefficient (Wildman–Crippen LogP) is 5.24. The molecule has 2 aromatic rings. The summed E-state index contributed by atoms with van der Waals surface area (Å²) in [6, 6.07) is 12.3. The van der Waals surface area contributed by atoms with Gasteiger partial charge in [-0.25, -0.2) is 14.4 Å². The average molecular weight is 574 g/mol. The first-order valence-electron chi connectivity index (χ1n) is 13.7. The van der Waals surface area contributed by atoms with Gasteiger partial charge in [0.25, 0.3) is 0 Å². The predicted molar refractivity (Wildman–Crippen MR) is 149 cm³/mol. The van der Waals surface area contributed by atoms with Crippen molar-refractivity contribution in [1.82, 2.24) is 5.32 Å². The van der Waals surface area contributed by atoms with Gasteiger partial charge in [-0.3, -0.25) is 4.79 Å². The van der Waals surface area contributed by atoms with Crippen LogP contribution in [0.3, 0.4) is 0 Å². The van der Waals surface area contributed by atoms with Gasteiger partial charge in [-0.2, -0.15) is 0 Å². The van der Waals surface area contributed by atoms with E-state index in [1.165, 1.54) is 19.2 Å². The van der Waals surface area contributed by atoms with E-state index in [2.05, 4.69) is 5.32 Å². The van der Waals surface area contributed by atoms with Crippen LogP contribution in [-0.4, -0.2) is 63.3 Å². The molecule has 0 saturated heterocycles. The van der Waals surface area contributed by atoms with Gasteiger partial charge >= 0.3 is 24.2 Å². The van der Waals surface area contributed by atoms with E-state index >= 15 is 0 Å². The van der Waals surface area contributed by atoms with Crippen LogP contribution in [0.1, 0.15) is 62.4 Å². The minimum Gasteiger partial charge on any atom is -0.468 e. The lowest BCUT2D eigenvalue weighted by Crippen LogP contribution is -2.43. The second-order valence-corrected chi connectivity index (χ2v) is 9.16. The van der Waals surface area contributed by atoms with E-state index in [1.807, 2.05) is 13.8 Å². The number of unbranched alkanes of at least 4 members (excludes halogenated alkanes) is 2. The molecule has 0 aliphatic heterocycles. The average Bonchev–Trinajstić information content (AvgIpc) is 2.96. The Kier molecular flexibility index (Phi) is 14.7. The minimum atomic E-state index is -0.962. The number of carbonyl (C=O) groups is 4. The lowest BCUT2D eigenvalue weighted by molar-refractivity contribution is -0.143. The topological polar surface area (TPSA) is 136 Å². The Labute approximate surface area is 240 Å². The SMILES string of the molecule is CCCCOC(=O)Oc1ccc(C[C@H](NCC(C)OC(=O)c2ccccc2)C(=O)OC)cc1OC(=O)OCCCC. The molecule has 0 bridgehead atoms. The summed E-state index contributed by atoms with van der Waals surface area (Å²) in [5.74, 6) is -1.16. The molecule has 2 aromatic carbocycles. The van der Waals surface area contributed by atoms with E-state index in [9.17, 15) is 19.2 Å². The van der Waals surface area contributed by atoms with E-state index in [4.69, 9.17) is 28.4 Å². The molecular weight excluding hydrogens is 534 g/mol. The molecule has 1 N–H and O–H groups in total. The fourth-order valence-corrected chi connectivity index (χ4v) is 3.47. The second-order valence-electron chi connectivity index (χ2n) is 9.16. The molecule has 0 saturated carbocycles. The van der Waals surface area contributed by atoms with E-state index in [1.54, 1.807) is 43.3 Å². The van der Waals surface area contributed by atoms with Gasteiger partial charge in [0.05, 0.1) is 25.9 Å². The third-order valence-corrected chi connectivity index (χ3v) is 5.73. The third-order valence-electron chi connectivity index (χ3n) is 5.73. The zero-order chi connectivity index (χ0) is 30.0. The zero-order valence-corrected chi connectivity index (χ0v) is 24.0. The molecule has 1 unspecified atom stereocenters. The van der Waals surface area contributed by atoms with Crippen molar-refractivity contribution in [1.29, 1.82) is 0 Å². The Morgan fingerprint density at radius 1 is 0.829 bits per heavy atom. The van der Waals surface area contributed by atoms with Crippen LogP contribution in [-0.2, 0) is 30.2 Å². The minimum absolute atomic E-state index is 0.0493. The van der Waals surface area contributed by atoms with Crippen molar-refractivity contribution >= 4 is 24.2 Å². The van der Waals surface area contributed by atoms with Crippen molar-refractivity contribution in [2.75, 3.05) is 26.9 Å². The molecule has 0 amide bonds. The van der Waals surface area contributed by atoms with E-state index in [0.29, 0.717) is 24.0 Å². The summed E-state index contributed by atoms with van der Waals surface area (Å²) in [6.45, 7) is 6.13. The van der Waals surface area contributed by atoms with E-state index in [-0.39, 0.29) is 37.7 Å². The van der Waals surface area contributed by atoms with Gasteiger partial charge in [-0.15, -0.1) is 0 Å². The van der Waals surface area contributed by atoms with Gasteiger partial charge in [0.15, 0.2) is 11.5 Å². The van der Waals surface area contributed by atoms with E-state index < -0.39 is 36.4 Å². The normalized spacial score (nSPS) is 12.0. The molecule has 11 nitrogen and oxygen atoms in total. The highest BCUT2D eigenvalue weighted by atomic mass is 16.7. The number of hydrogen-bond donors (Lipinski definition) is 1. The molecule has 0 aliphatic carbocycles. The third kappa shape index (κ3) is 12.3. The molecule has 0 aromatic heterocycles. The van der Waals surface area contributed by atoms with Crippen molar-refractivity contribution in [2.45, 2.75) is 65.0 Å². The number of methoxy groups -OCH3 is 1. The van der Waals surface area contributed by atoms with Crippen LogP contribution in [0, 0.1) is 0 Å². The van der Waals surface area contributed by atoms with E-state index in [0.717, 1.165) is 12.8 Å². The monoisotopic (exact) mass is 573 g/mol. The number of nitrogens with one attached hydrogen (secondary N) is 1. The van der Waals surface area contributed by atoms with Crippen molar-refractivity contribution in [2.24, 2.45) is 0 Å². The molecular formula is C30H39NO10.